The van der Waals surface area contributed by atoms with E-state index in [4.69, 9.17) is 21.9 Å². The Hall–Kier alpha value is -11.4. The first-order chi connectivity index (χ1) is 51.6. The Morgan fingerprint density at radius 3 is 1.72 bits per heavy atom. The molecule has 13 atom stereocenters. The fourth-order valence-electron chi connectivity index (χ4n) is 11.5. The fraction of sp³-hybridized carbons (Fsp3) is 0.549. The first kappa shape index (κ1) is 90.0. The number of nitrogens with two attached hydrogens (primary N) is 3. The van der Waals surface area contributed by atoms with Gasteiger partial charge >= 0.3 is 17.9 Å². The van der Waals surface area contributed by atoms with Crippen molar-refractivity contribution >= 4 is 118 Å². The largest absolute Gasteiger partial charge is 0.481 e. The van der Waals surface area contributed by atoms with Crippen molar-refractivity contribution in [3.8, 4) is 0 Å². The average Bonchev–Trinajstić information content (AvgIpc) is 1.72. The van der Waals surface area contributed by atoms with Crippen molar-refractivity contribution in [2.75, 3.05) is 32.0 Å². The van der Waals surface area contributed by atoms with E-state index in [0.29, 0.717) is 18.4 Å². The molecule has 0 spiro atoms. The number of ether oxygens (including phenoxy) is 1. The van der Waals surface area contributed by atoms with Crippen LogP contribution in [0.25, 0.3) is 5.57 Å². The number of allylic oxidation sites excluding steroid dienone is 1. The molecular formula is C71H102N16O22. The Labute approximate surface area is 628 Å². The number of nitrogens with one attached hydrogen (secondary N) is 13. The highest BCUT2D eigenvalue weighted by atomic mass is 16.5. The lowest BCUT2D eigenvalue weighted by atomic mass is 9.96. The zero-order chi connectivity index (χ0) is 81.2. The molecular weight excluding hydrogens is 1430 g/mol. The number of benzene rings is 2. The molecule has 1 aliphatic carbocycles. The maximum Gasteiger partial charge on any atom is 0.329 e. The first-order valence-electron chi connectivity index (χ1n) is 35.8. The average molecular weight is 1530 g/mol. The van der Waals surface area contributed by atoms with Gasteiger partial charge in [-0.3, -0.25) is 81.5 Å². The molecule has 0 radical (unpaired) electrons. The van der Waals surface area contributed by atoms with Gasteiger partial charge < -0.3 is 106 Å². The number of fused-ring (bicyclic) bond motifs is 1. The second-order valence-electron chi connectivity index (χ2n) is 26.6. The Bertz CT molecular complexity index is 3680. The number of cyclic esters (lactones) is 1. The van der Waals surface area contributed by atoms with E-state index in [1.165, 1.54) is 45.0 Å². The summed E-state index contributed by atoms with van der Waals surface area (Å²) in [6, 6.07) is -7.46. The lowest BCUT2D eigenvalue weighted by molar-refractivity contribution is -0.156. The van der Waals surface area contributed by atoms with Gasteiger partial charge in [0.05, 0.1) is 39.0 Å². The molecule has 1 heterocycles. The second-order valence-corrected chi connectivity index (χ2v) is 26.6. The number of hydrogen-bond donors (Lipinski definition) is 19. The van der Waals surface area contributed by atoms with Gasteiger partial charge in [0, 0.05) is 30.5 Å². The summed E-state index contributed by atoms with van der Waals surface area (Å²) in [6.07, 6.45) is 1.84. The third-order valence-corrected chi connectivity index (χ3v) is 17.6. The number of primary amides is 1. The van der Waals surface area contributed by atoms with E-state index in [-0.39, 0.29) is 43.5 Å². The number of carboxylic acids is 2. The smallest absolute Gasteiger partial charge is 0.329 e. The number of anilines is 1. The molecule has 0 saturated carbocycles. The van der Waals surface area contributed by atoms with Gasteiger partial charge in [-0.05, 0) is 94.7 Å². The molecule has 0 aromatic heterocycles. The van der Waals surface area contributed by atoms with Crippen LogP contribution in [0.3, 0.4) is 0 Å². The molecule has 1 aliphatic heterocycles. The van der Waals surface area contributed by atoms with Crippen LogP contribution in [0.4, 0.5) is 5.69 Å². The summed E-state index contributed by atoms with van der Waals surface area (Å²) in [6.45, 7) is 4.52. The number of nitrogen functional groups attached to an aromatic ring is 1. The highest BCUT2D eigenvalue weighted by Crippen LogP contribution is 2.31. The predicted molar refractivity (Wildman–Crippen MR) is 388 cm³/mol. The summed E-state index contributed by atoms with van der Waals surface area (Å²) in [5.41, 5.74) is 19.4. The highest BCUT2D eigenvalue weighted by molar-refractivity contribution is 6.05. The van der Waals surface area contributed by atoms with Gasteiger partial charge in [-0.15, -0.1) is 0 Å². The van der Waals surface area contributed by atoms with Crippen LogP contribution in [0.1, 0.15) is 159 Å². The van der Waals surface area contributed by atoms with Crippen molar-refractivity contribution in [1.29, 1.82) is 0 Å². The van der Waals surface area contributed by atoms with Crippen LogP contribution in [-0.4, -0.2) is 221 Å². The van der Waals surface area contributed by atoms with Crippen LogP contribution >= 0.6 is 0 Å². The first-order valence-corrected chi connectivity index (χ1v) is 35.8. The molecule has 14 amide bonds. The van der Waals surface area contributed by atoms with E-state index in [0.717, 1.165) is 63.5 Å². The number of unbranched alkanes of at least 4 members (excludes halogenated alkanes) is 6. The minimum atomic E-state index is -2.36. The lowest BCUT2D eigenvalue weighted by Crippen LogP contribution is -2.61. The summed E-state index contributed by atoms with van der Waals surface area (Å²) in [5.74, 6) is -23.6. The minimum absolute atomic E-state index is 0.0224. The standard InChI is InChI=1S/C71H102N16O22/c1-7-8-9-10-11-12-13-24-54(91)81-47(29-42-26-25-41-19-14-15-20-43(41)42)65(102)83-48(31-53(74)90)66(103)84-49(32-58(96)97)67(104)87-60-40(6)109-71(108)50(30-52(89)44-21-16-17-22-45(44)73)85-70(107)59(36(2)28-57(94)95)86-68(105)51(35-88)82-56(93)33-75-61(98)37(3)77-62(99)38(4)78-63(100)39(5)79-64(101)46(23-18-27-72)80-55(92)34-76-69(60)106/h14-17,19-22,26,36-40,46-51,59-60,88H,7-13,18,23-25,27-35,72-73H2,1-6H3,(H2,74,90)(H,75,98)(H,76,106)(H,77,99)(H,78,100)(H,79,101)(H,80,92)(H,81,91)(H,82,93)(H,83,102)(H,84,103)(H,85,107)(H,86,105)(H,87,104)(H,94,95)(H,96,97)/t36?,37-,38+,39-,40+,46-,47-,48+,49-,50-,51+,59-,60-/m0/s1. The Balaban J connectivity index is 1.82. The number of rotatable bonds is 31. The van der Waals surface area contributed by atoms with Crippen LogP contribution in [0.2, 0.25) is 0 Å². The molecule has 1 saturated heterocycles. The van der Waals surface area contributed by atoms with Gasteiger partial charge in [-0.1, -0.05) is 94.8 Å². The van der Waals surface area contributed by atoms with Crippen LogP contribution in [-0.2, 0) is 92.7 Å². The monoisotopic (exact) mass is 1530 g/mol. The highest BCUT2D eigenvalue weighted by Gasteiger charge is 2.41. The van der Waals surface area contributed by atoms with E-state index < -0.39 is 230 Å². The zero-order valence-corrected chi connectivity index (χ0v) is 61.7. The summed E-state index contributed by atoms with van der Waals surface area (Å²) < 4.78 is 5.71. The van der Waals surface area contributed by atoms with Gasteiger partial charge in [0.15, 0.2) is 5.78 Å². The Morgan fingerprint density at radius 2 is 1.12 bits per heavy atom. The summed E-state index contributed by atoms with van der Waals surface area (Å²) in [4.78, 5) is 247. The quantitative estimate of drug-likeness (QED) is 0.0147. The molecule has 1 unspecified atom stereocenters. The predicted octanol–water partition coefficient (Wildman–Crippen LogP) is -4.23. The maximum absolute atomic E-state index is 14.8. The number of aliphatic hydroxyl groups is 1. The summed E-state index contributed by atoms with van der Waals surface area (Å²) >= 11 is 0. The number of amides is 14. The zero-order valence-electron chi connectivity index (χ0n) is 61.7. The summed E-state index contributed by atoms with van der Waals surface area (Å²) in [5, 5.41) is 60.1. The van der Waals surface area contributed by atoms with E-state index in [2.05, 4.69) is 76.0 Å². The lowest BCUT2D eigenvalue weighted by Gasteiger charge is -2.30. The van der Waals surface area contributed by atoms with E-state index in [9.17, 15) is 102 Å². The molecule has 38 heteroatoms. The van der Waals surface area contributed by atoms with Gasteiger partial charge in [0.1, 0.15) is 72.6 Å². The minimum Gasteiger partial charge on any atom is -0.481 e. The third-order valence-electron chi connectivity index (χ3n) is 17.6. The topological polar surface area (TPSA) is 612 Å². The Morgan fingerprint density at radius 1 is 0.578 bits per heavy atom. The molecule has 2 aromatic carbocycles. The van der Waals surface area contributed by atoms with Crippen molar-refractivity contribution in [1.82, 2.24) is 69.1 Å². The maximum atomic E-state index is 14.8. The van der Waals surface area contributed by atoms with Crippen molar-refractivity contribution in [2.45, 2.75) is 217 Å². The molecule has 0 bridgehead atoms. The van der Waals surface area contributed by atoms with Crippen molar-refractivity contribution in [3.05, 3.63) is 71.3 Å². The number of hydrogen-bond acceptors (Lipinski definition) is 22. The number of carboxylic acid groups (broad SMARTS) is 2. The molecule has 2 aromatic rings. The van der Waals surface area contributed by atoms with Gasteiger partial charge in [-0.25, -0.2) is 4.79 Å². The number of aliphatic carboxylic acids is 2. The molecule has 1 fully saturated rings. The Kier molecular flexibility index (Phi) is 37.4. The summed E-state index contributed by atoms with van der Waals surface area (Å²) in [7, 11) is 0. The molecule has 2 aliphatic rings. The van der Waals surface area contributed by atoms with E-state index >= 15 is 0 Å². The number of esters is 1. The second kappa shape index (κ2) is 45.3. The van der Waals surface area contributed by atoms with Crippen LogP contribution < -0.4 is 86.3 Å². The molecule has 598 valence electrons. The SMILES string of the molecule is CCCCCCCCCC(=O)N[C@@H](CC1=CCc2ccccc21)C(=O)N[C@H](CC(N)=O)C(=O)N[C@@H](CC(=O)O)C(=O)N[C@@H]1C(=O)NCC(=O)N[C@@H](CCCN)C(=O)N[C@@H](C)C(=O)N[C@H](C)C(=O)N[C@@H](C)C(=O)NCC(=O)N[C@H](CO)C(=O)N[C@@H](C(C)CC(=O)O)C(=O)N[C@@H](CC(=O)c2ccccc2N)C(=O)O[C@@H]1C. The number of Topliss-reactive ketones (excluding diaryl/α,β-unsaturated/α-hetero) is 1. The number of para-hydroxylation sites is 1. The molecule has 109 heavy (non-hydrogen) atoms. The van der Waals surface area contributed by atoms with Gasteiger partial charge in [-0.2, -0.15) is 0 Å². The van der Waals surface area contributed by atoms with Crippen LogP contribution in [0.15, 0.2) is 54.6 Å². The van der Waals surface area contributed by atoms with Crippen LogP contribution in [0, 0.1) is 5.92 Å². The normalized spacial score (nSPS) is 22.2. The van der Waals surface area contributed by atoms with E-state index in [1.54, 1.807) is 6.07 Å². The van der Waals surface area contributed by atoms with E-state index in [1.807, 2.05) is 24.3 Å². The van der Waals surface area contributed by atoms with Crippen molar-refractivity contribution in [2.24, 2.45) is 17.4 Å². The molecule has 4 rings (SSSR count). The molecule has 22 N–H and O–H groups in total. The van der Waals surface area contributed by atoms with Gasteiger partial charge in [0.2, 0.25) is 82.7 Å². The van der Waals surface area contributed by atoms with Gasteiger partial charge in [0.25, 0.3) is 0 Å². The fourth-order valence-corrected chi connectivity index (χ4v) is 11.5. The number of ketones is 1. The van der Waals surface area contributed by atoms with Crippen LogP contribution in [0.5, 0.6) is 0 Å². The van der Waals surface area contributed by atoms with Crippen molar-refractivity contribution < 1.29 is 106 Å². The number of carbonyl (C=O) groups excluding carboxylic acids is 16. The third kappa shape index (κ3) is 30.4. The van der Waals surface area contributed by atoms with Crippen molar-refractivity contribution in [3.63, 3.8) is 0 Å². The molecule has 38 nitrogen and oxygen atoms in total. The number of carbonyl (C=O) groups is 18. The number of aliphatic hydroxyl groups excluding tert-OH is 1.